The van der Waals surface area contributed by atoms with Crippen molar-refractivity contribution in [3.8, 4) is 0 Å². The fourth-order valence-electron chi connectivity index (χ4n) is 1.45. The maximum absolute atomic E-state index is 11.8. The number of amides is 1. The van der Waals surface area contributed by atoms with E-state index in [0.29, 0.717) is 18.1 Å². The van der Waals surface area contributed by atoms with Crippen LogP contribution in [0.1, 0.15) is 5.56 Å². The Bertz CT molecular complexity index is 443. The van der Waals surface area contributed by atoms with Crippen molar-refractivity contribution in [1.82, 2.24) is 4.90 Å². The maximum Gasteiger partial charge on any atom is 0.246 e. The van der Waals surface area contributed by atoms with Crippen molar-refractivity contribution in [2.45, 2.75) is 0 Å². The molecule has 1 rings (SSSR count). The lowest BCUT2D eigenvalue weighted by Gasteiger charge is -2.17. The number of nitrogens with zero attached hydrogens (tertiary/aromatic N) is 1. The van der Waals surface area contributed by atoms with Gasteiger partial charge in [0.25, 0.3) is 0 Å². The summed E-state index contributed by atoms with van der Waals surface area (Å²) in [7, 11) is 0. The van der Waals surface area contributed by atoms with Crippen LogP contribution in [0.3, 0.4) is 0 Å². The molecule has 1 aromatic rings. The van der Waals surface area contributed by atoms with E-state index >= 15 is 0 Å². The summed E-state index contributed by atoms with van der Waals surface area (Å²) in [5.74, 6) is -0.163. The Labute approximate surface area is 112 Å². The molecule has 0 saturated carbocycles. The third-order valence-corrected chi connectivity index (χ3v) is 2.53. The van der Waals surface area contributed by atoms with Crippen LogP contribution in [0.5, 0.6) is 0 Å². The lowest BCUT2D eigenvalue weighted by atomic mass is 10.2. The summed E-state index contributed by atoms with van der Waals surface area (Å²) in [6.45, 7) is 4.23. The minimum atomic E-state index is -0.163. The Morgan fingerprint density at radius 2 is 2.28 bits per heavy atom. The van der Waals surface area contributed by atoms with Crippen LogP contribution in [0, 0.1) is 0 Å². The lowest BCUT2D eigenvalue weighted by Crippen LogP contribution is -2.32. The molecular weight excluding hydrogens is 250 g/mol. The zero-order valence-electron chi connectivity index (χ0n) is 10.1. The number of rotatable bonds is 6. The molecule has 4 heteroatoms. The molecule has 18 heavy (non-hydrogen) atoms. The molecule has 1 aromatic carbocycles. The minimum absolute atomic E-state index is 0.0649. The van der Waals surface area contributed by atoms with E-state index in [1.807, 2.05) is 12.1 Å². The van der Waals surface area contributed by atoms with Gasteiger partial charge < -0.3 is 10.0 Å². The molecule has 0 atom stereocenters. The molecule has 0 aliphatic rings. The van der Waals surface area contributed by atoms with Crippen LogP contribution in [-0.4, -0.2) is 35.6 Å². The van der Waals surface area contributed by atoms with E-state index in [1.54, 1.807) is 24.3 Å². The maximum atomic E-state index is 11.8. The van der Waals surface area contributed by atoms with E-state index in [-0.39, 0.29) is 12.5 Å². The average Bonchev–Trinajstić information content (AvgIpc) is 2.36. The SMILES string of the molecule is C=CCN(CCO)C(=O)/C=C/c1cccc(Cl)c1. The number of hydrogen-bond donors (Lipinski definition) is 1. The standard InChI is InChI=1S/C14H16ClNO2/c1-2-8-16(9-10-17)14(18)7-6-12-4-3-5-13(15)11-12/h2-7,11,17H,1,8-10H2/b7-6+. The van der Waals surface area contributed by atoms with Gasteiger partial charge in [0.15, 0.2) is 0 Å². The van der Waals surface area contributed by atoms with Crippen molar-refractivity contribution in [2.24, 2.45) is 0 Å². The number of halogens is 1. The highest BCUT2D eigenvalue weighted by Crippen LogP contribution is 2.11. The van der Waals surface area contributed by atoms with Crippen molar-refractivity contribution < 1.29 is 9.90 Å². The van der Waals surface area contributed by atoms with Gasteiger partial charge in [-0.05, 0) is 23.8 Å². The second kappa shape index (κ2) is 7.69. The highest BCUT2D eigenvalue weighted by Gasteiger charge is 2.07. The van der Waals surface area contributed by atoms with Crippen LogP contribution in [0.4, 0.5) is 0 Å². The Balaban J connectivity index is 2.69. The van der Waals surface area contributed by atoms with Gasteiger partial charge in [-0.2, -0.15) is 0 Å². The molecule has 1 amide bonds. The summed E-state index contributed by atoms with van der Waals surface area (Å²) in [6.07, 6.45) is 4.79. The lowest BCUT2D eigenvalue weighted by molar-refractivity contribution is -0.125. The normalized spacial score (nSPS) is 10.6. The van der Waals surface area contributed by atoms with E-state index in [0.717, 1.165) is 5.56 Å². The largest absolute Gasteiger partial charge is 0.395 e. The second-order valence-corrected chi connectivity index (χ2v) is 4.12. The fraction of sp³-hybridized carbons (Fsp3) is 0.214. The van der Waals surface area contributed by atoms with E-state index in [1.165, 1.54) is 11.0 Å². The Kier molecular flexibility index (Phi) is 6.19. The molecule has 0 bridgehead atoms. The first-order valence-corrected chi connectivity index (χ1v) is 5.99. The fourth-order valence-corrected chi connectivity index (χ4v) is 1.65. The molecule has 0 aliphatic heterocycles. The van der Waals surface area contributed by atoms with Gasteiger partial charge in [0.05, 0.1) is 6.61 Å². The number of carbonyl (C=O) groups is 1. The number of benzene rings is 1. The summed E-state index contributed by atoms with van der Waals surface area (Å²) in [5, 5.41) is 9.49. The van der Waals surface area contributed by atoms with E-state index in [4.69, 9.17) is 16.7 Å². The summed E-state index contributed by atoms with van der Waals surface area (Å²) < 4.78 is 0. The van der Waals surface area contributed by atoms with Crippen LogP contribution in [-0.2, 0) is 4.79 Å². The first kappa shape index (κ1) is 14.5. The molecule has 0 unspecified atom stereocenters. The molecular formula is C14H16ClNO2. The third kappa shape index (κ3) is 4.73. The van der Waals surface area contributed by atoms with E-state index in [9.17, 15) is 4.79 Å². The highest BCUT2D eigenvalue weighted by molar-refractivity contribution is 6.30. The molecule has 1 N–H and O–H groups in total. The van der Waals surface area contributed by atoms with E-state index < -0.39 is 0 Å². The van der Waals surface area contributed by atoms with Crippen LogP contribution < -0.4 is 0 Å². The van der Waals surface area contributed by atoms with Gasteiger partial charge in [0.1, 0.15) is 0 Å². The van der Waals surface area contributed by atoms with Gasteiger partial charge in [0, 0.05) is 24.2 Å². The molecule has 0 spiro atoms. The average molecular weight is 266 g/mol. The third-order valence-electron chi connectivity index (χ3n) is 2.30. The molecule has 0 aliphatic carbocycles. The predicted molar refractivity (Wildman–Crippen MR) is 74.3 cm³/mol. The number of aliphatic hydroxyl groups is 1. The van der Waals surface area contributed by atoms with Crippen LogP contribution >= 0.6 is 11.6 Å². The quantitative estimate of drug-likeness (QED) is 0.634. The van der Waals surface area contributed by atoms with Crippen molar-refractivity contribution in [1.29, 1.82) is 0 Å². The molecule has 0 radical (unpaired) electrons. The zero-order chi connectivity index (χ0) is 13.4. The Hall–Kier alpha value is -1.58. The number of carbonyl (C=O) groups excluding carboxylic acids is 1. The number of hydrogen-bond acceptors (Lipinski definition) is 2. The summed E-state index contributed by atoms with van der Waals surface area (Å²) in [5.41, 5.74) is 0.860. The van der Waals surface area contributed by atoms with Crippen LogP contribution in [0.15, 0.2) is 43.0 Å². The summed E-state index contributed by atoms with van der Waals surface area (Å²) in [4.78, 5) is 13.3. The molecule has 3 nitrogen and oxygen atoms in total. The van der Waals surface area contributed by atoms with Gasteiger partial charge in [-0.25, -0.2) is 0 Å². The monoisotopic (exact) mass is 265 g/mol. The van der Waals surface area contributed by atoms with Crippen molar-refractivity contribution in [3.05, 3.63) is 53.6 Å². The second-order valence-electron chi connectivity index (χ2n) is 3.68. The van der Waals surface area contributed by atoms with Crippen molar-refractivity contribution in [2.75, 3.05) is 19.7 Å². The smallest absolute Gasteiger partial charge is 0.246 e. The zero-order valence-corrected chi connectivity index (χ0v) is 10.8. The van der Waals surface area contributed by atoms with Gasteiger partial charge in [0.2, 0.25) is 5.91 Å². The minimum Gasteiger partial charge on any atom is -0.395 e. The van der Waals surface area contributed by atoms with E-state index in [2.05, 4.69) is 6.58 Å². The first-order valence-electron chi connectivity index (χ1n) is 5.61. The van der Waals surface area contributed by atoms with Gasteiger partial charge in [-0.15, -0.1) is 6.58 Å². The van der Waals surface area contributed by atoms with Crippen LogP contribution in [0.2, 0.25) is 5.02 Å². The summed E-state index contributed by atoms with van der Waals surface area (Å²) >= 11 is 5.85. The van der Waals surface area contributed by atoms with Gasteiger partial charge >= 0.3 is 0 Å². The van der Waals surface area contributed by atoms with Crippen molar-refractivity contribution in [3.63, 3.8) is 0 Å². The van der Waals surface area contributed by atoms with Crippen molar-refractivity contribution >= 4 is 23.6 Å². The first-order chi connectivity index (χ1) is 8.67. The molecule has 0 saturated heterocycles. The predicted octanol–water partition coefficient (Wildman–Crippen LogP) is 2.36. The molecule has 0 fully saturated rings. The molecule has 0 aromatic heterocycles. The van der Waals surface area contributed by atoms with Gasteiger partial charge in [-0.3, -0.25) is 4.79 Å². The molecule has 0 heterocycles. The number of aliphatic hydroxyl groups excluding tert-OH is 1. The van der Waals surface area contributed by atoms with Crippen LogP contribution in [0.25, 0.3) is 6.08 Å². The van der Waals surface area contributed by atoms with Gasteiger partial charge in [-0.1, -0.05) is 29.8 Å². The Morgan fingerprint density at radius 1 is 1.50 bits per heavy atom. The topological polar surface area (TPSA) is 40.5 Å². The highest BCUT2D eigenvalue weighted by atomic mass is 35.5. The molecule has 96 valence electrons. The Morgan fingerprint density at radius 3 is 2.89 bits per heavy atom. The summed E-state index contributed by atoms with van der Waals surface area (Å²) in [6, 6.07) is 7.23.